The lowest BCUT2D eigenvalue weighted by molar-refractivity contribution is -0.129. The number of nitrogens with one attached hydrogen (secondary N) is 1. The molecule has 1 N–H and O–H groups in total. The van der Waals surface area contributed by atoms with Crippen LogP contribution in [0.3, 0.4) is 0 Å². The van der Waals surface area contributed by atoms with Crippen molar-refractivity contribution in [1.82, 2.24) is 10.2 Å². The summed E-state index contributed by atoms with van der Waals surface area (Å²) in [6, 6.07) is 2.89. The number of likely N-dealkylation sites (N-methyl/N-ethyl adjacent to an activating group) is 1. The van der Waals surface area contributed by atoms with E-state index in [-0.39, 0.29) is 5.57 Å². The van der Waals surface area contributed by atoms with Crippen LogP contribution >= 0.6 is 27.3 Å². The standard InChI is InChI=1S/C10H7BrN2O3S/c1-13-9(15)6(8(14)12-10(13)16)4-5-2-3-7(11)17-5/h2-4H,1H3,(H,12,14,16)/b6-4-. The number of nitrogens with zero attached hydrogens (tertiary/aromatic N) is 1. The molecule has 4 amide bonds. The number of barbiturate groups is 1. The molecule has 0 atom stereocenters. The van der Waals surface area contributed by atoms with Gasteiger partial charge in [0.05, 0.1) is 3.79 Å². The van der Waals surface area contributed by atoms with E-state index in [0.29, 0.717) is 0 Å². The van der Waals surface area contributed by atoms with Crippen LogP contribution in [0.2, 0.25) is 0 Å². The van der Waals surface area contributed by atoms with Crippen molar-refractivity contribution in [3.05, 3.63) is 26.4 Å². The minimum absolute atomic E-state index is 0.0403. The Bertz CT molecular complexity index is 550. The Kier molecular flexibility index (Phi) is 3.12. The Hall–Kier alpha value is -1.47. The van der Waals surface area contributed by atoms with Crippen LogP contribution in [0.5, 0.6) is 0 Å². The number of hydrogen-bond donors (Lipinski definition) is 1. The Morgan fingerprint density at radius 1 is 1.35 bits per heavy atom. The Labute approximate surface area is 109 Å². The zero-order valence-electron chi connectivity index (χ0n) is 8.69. The predicted octanol–water partition coefficient (Wildman–Crippen LogP) is 1.60. The summed E-state index contributed by atoms with van der Waals surface area (Å²) < 4.78 is 0.900. The predicted molar refractivity (Wildman–Crippen MR) is 66.3 cm³/mol. The van der Waals surface area contributed by atoms with Crippen LogP contribution < -0.4 is 5.32 Å². The molecule has 7 heteroatoms. The molecule has 0 saturated carbocycles. The molecule has 1 aromatic rings. The van der Waals surface area contributed by atoms with E-state index in [1.165, 1.54) is 24.5 Å². The highest BCUT2D eigenvalue weighted by molar-refractivity contribution is 9.11. The van der Waals surface area contributed by atoms with Crippen molar-refractivity contribution in [2.75, 3.05) is 7.05 Å². The molecular weight excluding hydrogens is 308 g/mol. The minimum Gasteiger partial charge on any atom is -0.273 e. The van der Waals surface area contributed by atoms with Gasteiger partial charge < -0.3 is 0 Å². The number of carbonyl (C=O) groups is 3. The summed E-state index contributed by atoms with van der Waals surface area (Å²) in [5, 5.41) is 2.09. The minimum atomic E-state index is -0.704. The second-order valence-electron chi connectivity index (χ2n) is 3.32. The molecule has 0 unspecified atom stereocenters. The van der Waals surface area contributed by atoms with E-state index in [1.54, 1.807) is 6.07 Å². The second-order valence-corrected chi connectivity index (χ2v) is 5.82. The molecule has 2 heterocycles. The first kappa shape index (κ1) is 12.0. The van der Waals surface area contributed by atoms with Crippen molar-refractivity contribution in [3.63, 3.8) is 0 Å². The number of urea groups is 1. The van der Waals surface area contributed by atoms with Gasteiger partial charge in [0.25, 0.3) is 11.8 Å². The van der Waals surface area contributed by atoms with E-state index in [1.807, 2.05) is 6.07 Å². The third-order valence-corrected chi connectivity index (χ3v) is 3.76. The Morgan fingerprint density at radius 3 is 2.65 bits per heavy atom. The average molecular weight is 315 g/mol. The van der Waals surface area contributed by atoms with Gasteiger partial charge >= 0.3 is 6.03 Å². The highest BCUT2D eigenvalue weighted by Gasteiger charge is 2.33. The van der Waals surface area contributed by atoms with Crippen molar-refractivity contribution in [3.8, 4) is 0 Å². The molecule has 1 fully saturated rings. The van der Waals surface area contributed by atoms with Gasteiger partial charge in [-0.2, -0.15) is 0 Å². The highest BCUT2D eigenvalue weighted by Crippen LogP contribution is 2.25. The van der Waals surface area contributed by atoms with Crippen molar-refractivity contribution < 1.29 is 14.4 Å². The van der Waals surface area contributed by atoms with Gasteiger partial charge in [-0.05, 0) is 34.1 Å². The van der Waals surface area contributed by atoms with Crippen molar-refractivity contribution >= 4 is 51.2 Å². The molecule has 1 aliphatic heterocycles. The molecule has 0 aliphatic carbocycles. The smallest absolute Gasteiger partial charge is 0.273 e. The van der Waals surface area contributed by atoms with E-state index in [9.17, 15) is 14.4 Å². The summed E-state index contributed by atoms with van der Waals surface area (Å²) in [4.78, 5) is 36.0. The molecule has 1 aromatic heterocycles. The van der Waals surface area contributed by atoms with Gasteiger partial charge in [0, 0.05) is 11.9 Å². The SMILES string of the molecule is CN1C(=O)NC(=O)/C(=C/c2ccc(Br)s2)C1=O. The molecular formula is C10H7BrN2O3S. The van der Waals surface area contributed by atoms with Gasteiger partial charge in [0.2, 0.25) is 0 Å². The molecule has 0 bridgehead atoms. The summed E-state index contributed by atoms with van der Waals surface area (Å²) >= 11 is 4.68. The van der Waals surface area contributed by atoms with Crippen LogP contribution in [0.25, 0.3) is 6.08 Å². The summed E-state index contributed by atoms with van der Waals surface area (Å²) in [7, 11) is 1.32. The lowest BCUT2D eigenvalue weighted by Gasteiger charge is -2.22. The van der Waals surface area contributed by atoms with E-state index in [0.717, 1.165) is 13.6 Å². The number of imide groups is 2. The lowest BCUT2D eigenvalue weighted by atomic mass is 10.1. The fourth-order valence-electron chi connectivity index (χ4n) is 1.29. The zero-order valence-corrected chi connectivity index (χ0v) is 11.1. The Balaban J connectivity index is 2.37. The first-order valence-corrected chi connectivity index (χ1v) is 6.20. The first-order valence-electron chi connectivity index (χ1n) is 4.59. The van der Waals surface area contributed by atoms with Gasteiger partial charge in [-0.3, -0.25) is 19.8 Å². The maximum absolute atomic E-state index is 11.7. The van der Waals surface area contributed by atoms with Crippen molar-refractivity contribution in [1.29, 1.82) is 0 Å². The number of halogens is 1. The van der Waals surface area contributed by atoms with Crippen LogP contribution in [-0.4, -0.2) is 29.8 Å². The maximum Gasteiger partial charge on any atom is 0.331 e. The first-order chi connectivity index (χ1) is 7.99. The number of amides is 4. The van der Waals surface area contributed by atoms with E-state index < -0.39 is 17.8 Å². The number of thiophene rings is 1. The fraction of sp³-hybridized carbons (Fsp3) is 0.100. The average Bonchev–Trinajstić information content (AvgIpc) is 2.67. The van der Waals surface area contributed by atoms with E-state index >= 15 is 0 Å². The molecule has 0 spiro atoms. The highest BCUT2D eigenvalue weighted by atomic mass is 79.9. The van der Waals surface area contributed by atoms with Gasteiger partial charge in [-0.25, -0.2) is 4.79 Å². The third kappa shape index (κ3) is 2.29. The molecule has 17 heavy (non-hydrogen) atoms. The number of hydrogen-bond acceptors (Lipinski definition) is 4. The quantitative estimate of drug-likeness (QED) is 0.632. The van der Waals surface area contributed by atoms with Crippen LogP contribution in [0.4, 0.5) is 4.79 Å². The Morgan fingerprint density at radius 2 is 2.06 bits per heavy atom. The van der Waals surface area contributed by atoms with Crippen molar-refractivity contribution in [2.24, 2.45) is 0 Å². The topological polar surface area (TPSA) is 66.5 Å². The molecule has 5 nitrogen and oxygen atoms in total. The van der Waals surface area contributed by atoms with Crippen LogP contribution in [0.1, 0.15) is 4.88 Å². The molecule has 1 aliphatic rings. The molecule has 0 radical (unpaired) electrons. The van der Waals surface area contributed by atoms with Crippen molar-refractivity contribution in [2.45, 2.75) is 0 Å². The van der Waals surface area contributed by atoms with Gasteiger partial charge in [-0.15, -0.1) is 11.3 Å². The zero-order chi connectivity index (χ0) is 12.6. The van der Waals surface area contributed by atoms with E-state index in [2.05, 4.69) is 21.2 Å². The summed E-state index contributed by atoms with van der Waals surface area (Å²) in [5.74, 6) is -1.26. The second kappa shape index (κ2) is 4.42. The molecule has 0 aromatic carbocycles. The summed E-state index contributed by atoms with van der Waals surface area (Å²) in [6.07, 6.45) is 1.47. The fourth-order valence-corrected chi connectivity index (χ4v) is 2.66. The van der Waals surface area contributed by atoms with Gasteiger partial charge in [0.1, 0.15) is 5.57 Å². The van der Waals surface area contributed by atoms with Gasteiger partial charge in [0.15, 0.2) is 0 Å². The van der Waals surface area contributed by atoms with Crippen LogP contribution in [0, 0.1) is 0 Å². The molecule has 2 rings (SSSR count). The largest absolute Gasteiger partial charge is 0.331 e. The maximum atomic E-state index is 11.7. The van der Waals surface area contributed by atoms with E-state index in [4.69, 9.17) is 0 Å². The third-order valence-electron chi connectivity index (χ3n) is 2.19. The van der Waals surface area contributed by atoms with Crippen LogP contribution in [-0.2, 0) is 9.59 Å². The monoisotopic (exact) mass is 314 g/mol. The van der Waals surface area contributed by atoms with Gasteiger partial charge in [-0.1, -0.05) is 0 Å². The normalized spacial score (nSPS) is 18.8. The number of rotatable bonds is 1. The molecule has 88 valence electrons. The molecule has 1 saturated heterocycles. The number of carbonyl (C=O) groups excluding carboxylic acids is 3. The summed E-state index contributed by atoms with van der Waals surface area (Å²) in [5.41, 5.74) is -0.0403. The summed E-state index contributed by atoms with van der Waals surface area (Å²) in [6.45, 7) is 0. The lowest BCUT2D eigenvalue weighted by Crippen LogP contribution is -2.52. The van der Waals surface area contributed by atoms with Crippen LogP contribution in [0.15, 0.2) is 21.5 Å².